The monoisotopic (exact) mass is 307 g/mol. The second-order valence-electron chi connectivity index (χ2n) is 4.52. The molecule has 1 heterocycles. The van der Waals surface area contributed by atoms with E-state index in [9.17, 15) is 0 Å². The highest BCUT2D eigenvalue weighted by atomic mass is 79.9. The fraction of sp³-hybridized carbons (Fsp3) is 0.357. The summed E-state index contributed by atoms with van der Waals surface area (Å²) >= 11 is 3.46. The van der Waals surface area contributed by atoms with E-state index in [2.05, 4.69) is 63.7 Å². The van der Waals surface area contributed by atoms with Crippen LogP contribution in [0.3, 0.4) is 0 Å². The number of nitrogens with zero attached hydrogens (tertiary/aromatic N) is 2. The first-order valence-electron chi connectivity index (χ1n) is 6.02. The van der Waals surface area contributed by atoms with E-state index in [0.29, 0.717) is 6.04 Å². The molecule has 4 heteroatoms. The van der Waals surface area contributed by atoms with E-state index in [1.807, 2.05) is 18.8 Å². The molecule has 1 aromatic carbocycles. The third-order valence-corrected chi connectivity index (χ3v) is 3.66. The lowest BCUT2D eigenvalue weighted by Gasteiger charge is -2.15. The zero-order valence-corrected chi connectivity index (χ0v) is 12.5. The molecule has 0 saturated carbocycles. The van der Waals surface area contributed by atoms with Crippen molar-refractivity contribution in [3.63, 3.8) is 0 Å². The van der Waals surface area contributed by atoms with Crippen LogP contribution >= 0.6 is 15.9 Å². The van der Waals surface area contributed by atoms with Crippen molar-refractivity contribution in [2.45, 2.75) is 19.4 Å². The first-order valence-corrected chi connectivity index (χ1v) is 6.81. The van der Waals surface area contributed by atoms with E-state index < -0.39 is 0 Å². The molecule has 0 bridgehead atoms. The molecule has 0 radical (unpaired) electrons. The van der Waals surface area contributed by atoms with Gasteiger partial charge in [-0.1, -0.05) is 28.1 Å². The summed E-state index contributed by atoms with van der Waals surface area (Å²) < 4.78 is 2.99. The predicted octanol–water partition coefficient (Wildman–Crippen LogP) is 2.99. The minimum atomic E-state index is 0.305. The van der Waals surface area contributed by atoms with Crippen molar-refractivity contribution in [2.75, 3.05) is 7.05 Å². The fourth-order valence-corrected chi connectivity index (χ4v) is 2.45. The number of rotatable bonds is 4. The molecule has 0 spiro atoms. The van der Waals surface area contributed by atoms with Gasteiger partial charge in [0.2, 0.25) is 0 Å². The van der Waals surface area contributed by atoms with Gasteiger partial charge in [0.1, 0.15) is 0 Å². The van der Waals surface area contributed by atoms with Gasteiger partial charge in [-0.05, 0) is 38.1 Å². The molecule has 2 rings (SSSR count). The topological polar surface area (TPSA) is 29.9 Å². The average Bonchev–Trinajstić information content (AvgIpc) is 2.68. The number of hydrogen-bond acceptors (Lipinski definition) is 2. The first kappa shape index (κ1) is 13.3. The minimum Gasteiger partial charge on any atom is -0.313 e. The fourth-order valence-electron chi connectivity index (χ4n) is 2.18. The Morgan fingerprint density at radius 1 is 1.33 bits per heavy atom. The Hall–Kier alpha value is -1.13. The molecule has 1 unspecified atom stereocenters. The lowest BCUT2D eigenvalue weighted by atomic mass is 10.00. The molecule has 0 fully saturated rings. The number of nitrogens with one attached hydrogen (secondary N) is 1. The van der Waals surface area contributed by atoms with Gasteiger partial charge < -0.3 is 5.32 Å². The van der Waals surface area contributed by atoms with Crippen LogP contribution in [-0.4, -0.2) is 16.8 Å². The van der Waals surface area contributed by atoms with Gasteiger partial charge in [0.15, 0.2) is 0 Å². The maximum Gasteiger partial charge on any atom is 0.0641 e. The van der Waals surface area contributed by atoms with Crippen molar-refractivity contribution in [1.82, 2.24) is 15.1 Å². The molecule has 0 aliphatic heterocycles. The van der Waals surface area contributed by atoms with E-state index in [-0.39, 0.29) is 0 Å². The Balaban J connectivity index is 2.19. The summed E-state index contributed by atoms with van der Waals surface area (Å²) in [7, 11) is 3.96. The van der Waals surface area contributed by atoms with Gasteiger partial charge >= 0.3 is 0 Å². The standard InChI is InChI=1S/C14H18BrN3/c1-10-13(9-18(3)17-10)14(16-2)8-11-4-6-12(15)7-5-11/h4-7,9,14,16H,8H2,1-3H3. The van der Waals surface area contributed by atoms with Crippen LogP contribution in [0.5, 0.6) is 0 Å². The minimum absolute atomic E-state index is 0.305. The van der Waals surface area contributed by atoms with Crippen molar-refractivity contribution in [3.8, 4) is 0 Å². The van der Waals surface area contributed by atoms with Gasteiger partial charge in [-0.25, -0.2) is 0 Å². The Morgan fingerprint density at radius 2 is 2.00 bits per heavy atom. The number of halogens is 1. The molecule has 0 aliphatic carbocycles. The number of benzene rings is 1. The smallest absolute Gasteiger partial charge is 0.0641 e. The SMILES string of the molecule is CNC(Cc1ccc(Br)cc1)c1cn(C)nc1C. The van der Waals surface area contributed by atoms with Crippen molar-refractivity contribution in [3.05, 3.63) is 51.8 Å². The van der Waals surface area contributed by atoms with E-state index >= 15 is 0 Å². The normalized spacial score (nSPS) is 12.7. The summed E-state index contributed by atoms with van der Waals surface area (Å²) in [6, 6.07) is 8.77. The van der Waals surface area contributed by atoms with Crippen LogP contribution in [0.2, 0.25) is 0 Å². The van der Waals surface area contributed by atoms with Crippen LogP contribution in [0.4, 0.5) is 0 Å². The summed E-state index contributed by atoms with van der Waals surface area (Å²) in [5.41, 5.74) is 3.68. The van der Waals surface area contributed by atoms with Crippen molar-refractivity contribution >= 4 is 15.9 Å². The third-order valence-electron chi connectivity index (χ3n) is 3.13. The Kier molecular flexibility index (Phi) is 4.19. The molecule has 1 atom stereocenters. The molecular formula is C14H18BrN3. The number of aromatic nitrogens is 2. The van der Waals surface area contributed by atoms with Crippen molar-refractivity contribution in [1.29, 1.82) is 0 Å². The first-order chi connectivity index (χ1) is 8.60. The summed E-state index contributed by atoms with van der Waals surface area (Å²) in [5, 5.41) is 7.78. The van der Waals surface area contributed by atoms with E-state index in [1.54, 1.807) is 0 Å². The highest BCUT2D eigenvalue weighted by Gasteiger charge is 2.15. The number of hydrogen-bond donors (Lipinski definition) is 1. The van der Waals surface area contributed by atoms with Gasteiger partial charge in [0.25, 0.3) is 0 Å². The van der Waals surface area contributed by atoms with Gasteiger partial charge in [-0.3, -0.25) is 4.68 Å². The quantitative estimate of drug-likeness (QED) is 0.941. The Labute approximate surface area is 116 Å². The predicted molar refractivity (Wildman–Crippen MR) is 77.6 cm³/mol. The second kappa shape index (κ2) is 5.67. The number of likely N-dealkylation sites (N-methyl/N-ethyl adjacent to an activating group) is 1. The maximum atomic E-state index is 4.40. The summed E-state index contributed by atoms with van der Waals surface area (Å²) in [4.78, 5) is 0. The van der Waals surface area contributed by atoms with Crippen LogP contribution in [0.1, 0.15) is 22.9 Å². The molecule has 18 heavy (non-hydrogen) atoms. The Morgan fingerprint density at radius 3 is 2.50 bits per heavy atom. The lowest BCUT2D eigenvalue weighted by Crippen LogP contribution is -2.19. The molecular weight excluding hydrogens is 290 g/mol. The lowest BCUT2D eigenvalue weighted by molar-refractivity contribution is 0.588. The number of aryl methyl sites for hydroxylation is 2. The average molecular weight is 308 g/mol. The van der Waals surface area contributed by atoms with Gasteiger partial charge in [-0.2, -0.15) is 5.10 Å². The van der Waals surface area contributed by atoms with E-state index in [1.165, 1.54) is 11.1 Å². The maximum absolute atomic E-state index is 4.40. The van der Waals surface area contributed by atoms with Crippen molar-refractivity contribution in [2.24, 2.45) is 7.05 Å². The molecule has 0 aliphatic rings. The van der Waals surface area contributed by atoms with E-state index in [0.717, 1.165) is 16.6 Å². The Bertz CT molecular complexity index is 516. The molecule has 1 aromatic heterocycles. The van der Waals surface area contributed by atoms with Gasteiger partial charge in [0.05, 0.1) is 5.69 Å². The molecule has 3 nitrogen and oxygen atoms in total. The van der Waals surface area contributed by atoms with Crippen molar-refractivity contribution < 1.29 is 0 Å². The van der Waals surface area contributed by atoms with E-state index in [4.69, 9.17) is 0 Å². The van der Waals surface area contributed by atoms with Crippen LogP contribution in [-0.2, 0) is 13.5 Å². The summed E-state index contributed by atoms with van der Waals surface area (Å²) in [6.45, 7) is 2.06. The highest BCUT2D eigenvalue weighted by Crippen LogP contribution is 2.21. The second-order valence-corrected chi connectivity index (χ2v) is 5.43. The third kappa shape index (κ3) is 3.00. The van der Waals surface area contributed by atoms with Gasteiger partial charge in [0, 0.05) is 29.3 Å². The van der Waals surface area contributed by atoms with Crippen LogP contribution in [0.25, 0.3) is 0 Å². The molecule has 0 amide bonds. The van der Waals surface area contributed by atoms with Crippen LogP contribution in [0, 0.1) is 6.92 Å². The molecule has 0 saturated heterocycles. The zero-order valence-electron chi connectivity index (χ0n) is 10.9. The molecule has 96 valence electrons. The molecule has 1 N–H and O–H groups in total. The van der Waals surface area contributed by atoms with Crippen LogP contribution < -0.4 is 5.32 Å². The molecule has 2 aromatic rings. The largest absolute Gasteiger partial charge is 0.313 e. The summed E-state index contributed by atoms with van der Waals surface area (Å²) in [5.74, 6) is 0. The zero-order chi connectivity index (χ0) is 13.1. The van der Waals surface area contributed by atoms with Gasteiger partial charge in [-0.15, -0.1) is 0 Å². The van der Waals surface area contributed by atoms with Crippen LogP contribution in [0.15, 0.2) is 34.9 Å². The summed E-state index contributed by atoms with van der Waals surface area (Å²) in [6.07, 6.45) is 3.06. The highest BCUT2D eigenvalue weighted by molar-refractivity contribution is 9.10.